The van der Waals surface area contributed by atoms with Gasteiger partial charge in [-0.05, 0) is 67.1 Å². The Bertz CT molecular complexity index is 840. The van der Waals surface area contributed by atoms with Crippen molar-refractivity contribution in [1.82, 2.24) is 4.90 Å². The largest absolute Gasteiger partial charge is 0.505 e. The van der Waals surface area contributed by atoms with Crippen molar-refractivity contribution in [2.24, 2.45) is 11.8 Å². The highest BCUT2D eigenvalue weighted by Crippen LogP contribution is 2.40. The molecule has 148 valence electrons. The molecule has 1 aliphatic carbocycles. The molecule has 2 aromatic rings. The molecule has 1 N–H and O–H groups in total. The first-order chi connectivity index (χ1) is 13.5. The molecule has 1 aliphatic heterocycles. The Labute approximate surface area is 163 Å². The van der Waals surface area contributed by atoms with Gasteiger partial charge in [-0.1, -0.05) is 0 Å². The lowest BCUT2D eigenvalue weighted by Crippen LogP contribution is -2.30. The number of hydrogen-bond acceptors (Lipinski definition) is 5. The fourth-order valence-corrected chi connectivity index (χ4v) is 4.39. The number of rotatable bonds is 6. The zero-order valence-corrected chi connectivity index (χ0v) is 15.8. The van der Waals surface area contributed by atoms with E-state index in [2.05, 4.69) is 4.90 Å². The van der Waals surface area contributed by atoms with E-state index in [0.29, 0.717) is 17.4 Å². The van der Waals surface area contributed by atoms with Gasteiger partial charge in [0.05, 0.1) is 19.8 Å². The van der Waals surface area contributed by atoms with E-state index < -0.39 is 11.6 Å². The number of carbonyl (C=O) groups is 1. The molecule has 0 aromatic heterocycles. The number of ketones is 1. The maximum Gasteiger partial charge on any atom is 0.176 e. The number of aromatic hydroxyl groups is 1. The monoisotopic (exact) mass is 385 g/mol. The summed E-state index contributed by atoms with van der Waals surface area (Å²) in [5.74, 6) is 1.39. The van der Waals surface area contributed by atoms with Crippen LogP contribution in [-0.4, -0.2) is 48.6 Å². The lowest BCUT2D eigenvalue weighted by atomic mass is 10.0. The Morgan fingerprint density at radius 1 is 1.11 bits per heavy atom. The smallest absolute Gasteiger partial charge is 0.176 e. The average Bonchev–Trinajstić information content (AvgIpc) is 3.22. The van der Waals surface area contributed by atoms with Crippen LogP contribution in [-0.2, 0) is 0 Å². The quantitative estimate of drug-likeness (QED) is 0.771. The van der Waals surface area contributed by atoms with Crippen molar-refractivity contribution in [1.29, 1.82) is 0 Å². The van der Waals surface area contributed by atoms with Crippen LogP contribution in [0.4, 0.5) is 4.39 Å². The van der Waals surface area contributed by atoms with Gasteiger partial charge in [0.15, 0.2) is 17.3 Å². The molecule has 2 aromatic carbocycles. The molecule has 0 bridgehead atoms. The highest BCUT2D eigenvalue weighted by molar-refractivity contribution is 5.97. The molecule has 0 radical (unpaired) electrons. The molecule has 1 saturated heterocycles. The molecule has 1 saturated carbocycles. The lowest BCUT2D eigenvalue weighted by molar-refractivity contribution is 0.0936. The first-order valence-corrected chi connectivity index (χ1v) is 9.56. The normalized spacial score (nSPS) is 24.1. The van der Waals surface area contributed by atoms with Crippen molar-refractivity contribution in [3.63, 3.8) is 0 Å². The van der Waals surface area contributed by atoms with Crippen LogP contribution in [0.1, 0.15) is 23.2 Å². The van der Waals surface area contributed by atoms with Gasteiger partial charge in [-0.15, -0.1) is 0 Å². The molecule has 28 heavy (non-hydrogen) atoms. The molecule has 2 fully saturated rings. The zero-order chi connectivity index (χ0) is 19.7. The molecule has 0 spiro atoms. The van der Waals surface area contributed by atoms with Crippen LogP contribution in [0, 0.1) is 17.7 Å². The summed E-state index contributed by atoms with van der Waals surface area (Å²) in [6.07, 6.45) is 2.16. The fraction of sp³-hybridized carbons (Fsp3) is 0.409. The van der Waals surface area contributed by atoms with E-state index in [-0.39, 0.29) is 18.4 Å². The summed E-state index contributed by atoms with van der Waals surface area (Å²) in [5, 5.41) is 9.26. The molecular weight excluding hydrogens is 361 g/mol. The number of likely N-dealkylation sites (tertiary alicyclic amines) is 1. The number of hydrogen-bond donors (Lipinski definition) is 1. The van der Waals surface area contributed by atoms with E-state index >= 15 is 0 Å². The van der Waals surface area contributed by atoms with Crippen LogP contribution in [0.5, 0.6) is 17.2 Å². The Kier molecular flexibility index (Phi) is 5.22. The number of phenolic OH excluding ortho intramolecular Hbond substituents is 1. The second-order valence-corrected chi connectivity index (χ2v) is 7.69. The first kappa shape index (κ1) is 18.7. The minimum absolute atomic E-state index is 0.120. The van der Waals surface area contributed by atoms with E-state index in [1.165, 1.54) is 12.1 Å². The number of halogens is 1. The number of benzene rings is 2. The number of ether oxygens (including phenoxy) is 2. The topological polar surface area (TPSA) is 59.0 Å². The van der Waals surface area contributed by atoms with Crippen LogP contribution in [0.15, 0.2) is 42.5 Å². The summed E-state index contributed by atoms with van der Waals surface area (Å²) in [4.78, 5) is 14.6. The standard InChI is InChI=1S/C22H24FNO4/c1-27-17-3-5-18(6-4-17)28-19-8-15-11-24(12-16(15)9-19)13-22(26)14-2-7-21(25)20(23)10-14/h2-7,10,15-16,19,25H,8-9,11-13H2,1H3. The van der Waals surface area contributed by atoms with E-state index in [4.69, 9.17) is 9.47 Å². The van der Waals surface area contributed by atoms with Gasteiger partial charge in [0.2, 0.25) is 0 Å². The van der Waals surface area contributed by atoms with Gasteiger partial charge in [-0.2, -0.15) is 0 Å². The van der Waals surface area contributed by atoms with Gasteiger partial charge in [0.1, 0.15) is 11.5 Å². The van der Waals surface area contributed by atoms with Gasteiger partial charge in [-0.25, -0.2) is 4.39 Å². The van der Waals surface area contributed by atoms with Crippen LogP contribution in [0.25, 0.3) is 0 Å². The molecule has 4 rings (SSSR count). The number of Topliss-reactive ketones (excluding diaryl/α,β-unsaturated/α-hetero) is 1. The van der Waals surface area contributed by atoms with Crippen LogP contribution >= 0.6 is 0 Å². The Morgan fingerprint density at radius 3 is 2.36 bits per heavy atom. The molecule has 1 heterocycles. The third-order valence-corrected chi connectivity index (χ3v) is 5.78. The van der Waals surface area contributed by atoms with Crippen molar-refractivity contribution in [2.45, 2.75) is 18.9 Å². The predicted octanol–water partition coefficient (Wildman–Crippen LogP) is 3.51. The first-order valence-electron chi connectivity index (χ1n) is 9.56. The number of methoxy groups -OCH3 is 1. The Hall–Kier alpha value is -2.60. The van der Waals surface area contributed by atoms with Gasteiger partial charge in [0, 0.05) is 18.7 Å². The van der Waals surface area contributed by atoms with Crippen LogP contribution in [0.2, 0.25) is 0 Å². The van der Waals surface area contributed by atoms with Crippen LogP contribution < -0.4 is 9.47 Å². The summed E-state index contributed by atoms with van der Waals surface area (Å²) in [7, 11) is 1.64. The molecular formula is C22H24FNO4. The minimum atomic E-state index is -0.761. The number of phenols is 1. The number of nitrogens with zero attached hydrogens (tertiary/aromatic N) is 1. The zero-order valence-electron chi connectivity index (χ0n) is 15.8. The van der Waals surface area contributed by atoms with Gasteiger partial charge >= 0.3 is 0 Å². The summed E-state index contributed by atoms with van der Waals surface area (Å²) in [6, 6.07) is 11.4. The van der Waals surface area contributed by atoms with Crippen molar-refractivity contribution >= 4 is 5.78 Å². The van der Waals surface area contributed by atoms with Crippen molar-refractivity contribution in [2.75, 3.05) is 26.7 Å². The maximum absolute atomic E-state index is 13.5. The molecule has 2 aliphatic rings. The molecule has 0 amide bonds. The second-order valence-electron chi connectivity index (χ2n) is 7.69. The van der Waals surface area contributed by atoms with Crippen molar-refractivity contribution < 1.29 is 23.8 Å². The summed E-state index contributed by atoms with van der Waals surface area (Å²) in [5.41, 5.74) is 0.299. The van der Waals surface area contributed by atoms with Crippen molar-refractivity contribution in [3.05, 3.63) is 53.8 Å². The summed E-state index contributed by atoms with van der Waals surface area (Å²) < 4.78 is 24.7. The maximum atomic E-state index is 13.5. The Morgan fingerprint density at radius 2 is 1.75 bits per heavy atom. The molecule has 2 atom stereocenters. The molecule has 2 unspecified atom stereocenters. The van der Waals surface area contributed by atoms with Gasteiger partial charge in [0.25, 0.3) is 0 Å². The number of fused-ring (bicyclic) bond motifs is 1. The average molecular weight is 385 g/mol. The molecule has 6 heteroatoms. The second kappa shape index (κ2) is 7.80. The SMILES string of the molecule is COc1ccc(OC2CC3CN(CC(=O)c4ccc(O)c(F)c4)CC3C2)cc1. The fourth-order valence-electron chi connectivity index (χ4n) is 4.39. The van der Waals surface area contributed by atoms with Crippen molar-refractivity contribution in [3.8, 4) is 17.2 Å². The number of carbonyl (C=O) groups excluding carboxylic acids is 1. The summed E-state index contributed by atoms with van der Waals surface area (Å²) >= 11 is 0. The van der Waals surface area contributed by atoms with E-state index in [1.54, 1.807) is 7.11 Å². The van der Waals surface area contributed by atoms with Gasteiger partial charge in [-0.3, -0.25) is 9.69 Å². The van der Waals surface area contributed by atoms with E-state index in [1.807, 2.05) is 24.3 Å². The third-order valence-electron chi connectivity index (χ3n) is 5.78. The van der Waals surface area contributed by atoms with E-state index in [9.17, 15) is 14.3 Å². The Balaban J connectivity index is 1.28. The predicted molar refractivity (Wildman–Crippen MR) is 102 cm³/mol. The summed E-state index contributed by atoms with van der Waals surface area (Å²) in [6.45, 7) is 2.00. The van der Waals surface area contributed by atoms with Crippen LogP contribution in [0.3, 0.4) is 0 Å². The highest BCUT2D eigenvalue weighted by atomic mass is 19.1. The minimum Gasteiger partial charge on any atom is -0.505 e. The molecule has 5 nitrogen and oxygen atoms in total. The lowest BCUT2D eigenvalue weighted by Gasteiger charge is -2.19. The highest BCUT2D eigenvalue weighted by Gasteiger charge is 2.42. The third kappa shape index (κ3) is 3.97. The van der Waals surface area contributed by atoms with E-state index in [0.717, 1.165) is 43.5 Å². The van der Waals surface area contributed by atoms with Gasteiger partial charge < -0.3 is 14.6 Å².